The van der Waals surface area contributed by atoms with Crippen molar-refractivity contribution in [3.05, 3.63) is 71.8 Å². The van der Waals surface area contributed by atoms with Gasteiger partial charge < -0.3 is 31.1 Å². The van der Waals surface area contributed by atoms with E-state index in [0.717, 1.165) is 76.0 Å². The maximum absolute atomic E-state index is 14.2. The molecule has 4 rings (SSSR count). The van der Waals surface area contributed by atoms with Gasteiger partial charge in [-0.05, 0) is 87.9 Å². The average molecular weight is 787 g/mol. The Hall–Kier alpha value is -4.09. The van der Waals surface area contributed by atoms with Gasteiger partial charge in [0.05, 0.1) is 6.04 Å². The van der Waals surface area contributed by atoms with Crippen molar-refractivity contribution < 1.29 is 24.0 Å². The molecule has 0 radical (unpaired) electrons. The van der Waals surface area contributed by atoms with Crippen LogP contribution in [0.4, 0.5) is 0 Å². The number of nitrogens with one attached hydrogen (secondary N) is 4. The molecule has 0 unspecified atom stereocenters. The van der Waals surface area contributed by atoms with E-state index in [2.05, 4.69) is 38.1 Å². The molecule has 4 N–H and O–H groups in total. The fourth-order valence-corrected chi connectivity index (χ4v) is 7.50. The number of Topliss-reactive ketones (excluding diaryl/α,β-unsaturated/α-hetero) is 1. The average Bonchev–Trinajstić information content (AvgIpc) is 3.94. The molecular formula is C46H70N6O5. The van der Waals surface area contributed by atoms with Gasteiger partial charge in [-0.25, -0.2) is 0 Å². The van der Waals surface area contributed by atoms with E-state index in [1.807, 2.05) is 95.3 Å². The van der Waals surface area contributed by atoms with Gasteiger partial charge in [0.25, 0.3) is 0 Å². The highest BCUT2D eigenvalue weighted by atomic mass is 16.2. The summed E-state index contributed by atoms with van der Waals surface area (Å²) in [6, 6.07) is 15.8. The highest BCUT2D eigenvalue weighted by molar-refractivity contribution is 5.97. The Labute approximate surface area is 341 Å². The number of likely N-dealkylation sites (N-methyl/N-ethyl adjacent to an activating group) is 1. The highest BCUT2D eigenvalue weighted by Gasteiger charge is 2.48. The predicted molar refractivity (Wildman–Crippen MR) is 226 cm³/mol. The zero-order chi connectivity index (χ0) is 41.4. The molecule has 4 amide bonds. The third-order valence-electron chi connectivity index (χ3n) is 11.4. The van der Waals surface area contributed by atoms with Crippen LogP contribution in [0.2, 0.25) is 0 Å². The van der Waals surface area contributed by atoms with Crippen LogP contribution in [0.1, 0.15) is 104 Å². The molecule has 2 aliphatic rings. The van der Waals surface area contributed by atoms with E-state index in [1.165, 1.54) is 0 Å². The molecule has 0 aromatic heterocycles. The highest BCUT2D eigenvalue weighted by Crippen LogP contribution is 2.47. The number of ketones is 1. The lowest BCUT2D eigenvalue weighted by Crippen LogP contribution is -2.58. The maximum Gasteiger partial charge on any atom is 0.243 e. The van der Waals surface area contributed by atoms with Crippen molar-refractivity contribution in [2.75, 3.05) is 39.8 Å². The Morgan fingerprint density at radius 2 is 1.16 bits per heavy atom. The summed E-state index contributed by atoms with van der Waals surface area (Å²) in [6.45, 7) is 15.3. The van der Waals surface area contributed by atoms with Gasteiger partial charge in [-0.1, -0.05) is 102 Å². The standard InChI is InChI=1S/C46H70N6O5/c1-33(2)30-38(42(54)46(5)23-24-46)48-45(57)40(32-36-18-12-8-13-19-36)50-44(56)39(31-34(3)4)49-43(55)37(22-21-35-16-10-7-11-17-35)47-41(53)20-14-9-15-25-52-28-26-51(6)27-29-52/h7-8,10-13,16-19,33-34,37-40H,9,14-15,20-32H2,1-6H3,(H,47,53)(H,48,57)(H,49,55)(H,50,56)/t37-,38-,39-,40-/m0/s1. The molecule has 2 aromatic rings. The summed E-state index contributed by atoms with van der Waals surface area (Å²) in [5.74, 6) is -1.27. The Balaban J connectivity index is 1.44. The minimum absolute atomic E-state index is 0.0357. The first-order chi connectivity index (χ1) is 27.2. The van der Waals surface area contributed by atoms with E-state index in [-0.39, 0.29) is 29.9 Å². The summed E-state index contributed by atoms with van der Waals surface area (Å²) < 4.78 is 0. The zero-order valence-electron chi connectivity index (χ0n) is 35.5. The van der Waals surface area contributed by atoms with Crippen LogP contribution in [0.5, 0.6) is 0 Å². The Morgan fingerprint density at radius 3 is 1.75 bits per heavy atom. The largest absolute Gasteiger partial charge is 0.344 e. The SMILES string of the molecule is CC(C)C[C@H](NC(=O)[C@H](CCc1ccccc1)NC(=O)CCCCCN1CCN(C)CC1)C(=O)N[C@@H](Cc1ccccc1)C(=O)N[C@@H](CC(C)C)C(=O)C1(C)CC1. The Bertz CT molecular complexity index is 1570. The molecule has 1 heterocycles. The summed E-state index contributed by atoms with van der Waals surface area (Å²) in [7, 11) is 2.15. The minimum Gasteiger partial charge on any atom is -0.344 e. The normalized spacial score (nSPS) is 17.6. The van der Waals surface area contributed by atoms with Crippen molar-refractivity contribution in [1.82, 2.24) is 31.1 Å². The first-order valence-electron chi connectivity index (χ1n) is 21.5. The van der Waals surface area contributed by atoms with Crippen LogP contribution in [-0.4, -0.2) is 103 Å². The van der Waals surface area contributed by atoms with E-state index in [0.29, 0.717) is 32.1 Å². The molecule has 57 heavy (non-hydrogen) atoms. The van der Waals surface area contributed by atoms with Gasteiger partial charge in [-0.3, -0.25) is 24.0 Å². The number of benzene rings is 2. The fourth-order valence-electron chi connectivity index (χ4n) is 7.50. The molecule has 11 heteroatoms. The van der Waals surface area contributed by atoms with Crippen LogP contribution < -0.4 is 21.3 Å². The number of hydrogen-bond donors (Lipinski definition) is 4. The van der Waals surface area contributed by atoms with E-state index in [9.17, 15) is 24.0 Å². The topological polar surface area (TPSA) is 140 Å². The minimum atomic E-state index is -0.981. The number of carbonyl (C=O) groups excluding carboxylic acids is 5. The molecule has 2 aromatic carbocycles. The number of aryl methyl sites for hydroxylation is 1. The van der Waals surface area contributed by atoms with Gasteiger partial charge >= 0.3 is 0 Å². The van der Waals surface area contributed by atoms with Gasteiger partial charge in [0, 0.05) is 44.4 Å². The second-order valence-electron chi connectivity index (χ2n) is 17.7. The summed E-state index contributed by atoms with van der Waals surface area (Å²) >= 11 is 0. The van der Waals surface area contributed by atoms with Gasteiger partial charge in [0.15, 0.2) is 5.78 Å². The summed E-state index contributed by atoms with van der Waals surface area (Å²) in [4.78, 5) is 73.9. The molecular weight excluding hydrogens is 717 g/mol. The predicted octanol–water partition coefficient (Wildman–Crippen LogP) is 5.07. The molecule has 1 saturated heterocycles. The van der Waals surface area contributed by atoms with E-state index in [1.54, 1.807) is 0 Å². The maximum atomic E-state index is 14.2. The molecule has 314 valence electrons. The molecule has 4 atom stereocenters. The van der Waals surface area contributed by atoms with Gasteiger partial charge in [-0.2, -0.15) is 0 Å². The number of unbranched alkanes of at least 4 members (excludes halogenated alkanes) is 2. The number of amides is 4. The Kier molecular flexibility index (Phi) is 18.2. The van der Waals surface area contributed by atoms with Gasteiger partial charge in [0.2, 0.25) is 23.6 Å². The third-order valence-corrected chi connectivity index (χ3v) is 11.4. The van der Waals surface area contributed by atoms with Crippen LogP contribution in [0.15, 0.2) is 60.7 Å². The number of nitrogens with zero attached hydrogens (tertiary/aromatic N) is 2. The van der Waals surface area contributed by atoms with Crippen LogP contribution in [0.3, 0.4) is 0 Å². The Morgan fingerprint density at radius 1 is 0.632 bits per heavy atom. The monoisotopic (exact) mass is 787 g/mol. The van der Waals surface area contributed by atoms with E-state index >= 15 is 0 Å². The van der Waals surface area contributed by atoms with Crippen molar-refractivity contribution in [2.24, 2.45) is 17.3 Å². The summed E-state index contributed by atoms with van der Waals surface area (Å²) in [6.07, 6.45) is 6.61. The van der Waals surface area contributed by atoms with Crippen LogP contribution in [-0.2, 0) is 36.8 Å². The van der Waals surface area contributed by atoms with Gasteiger partial charge in [-0.15, -0.1) is 0 Å². The molecule has 1 aliphatic heterocycles. The summed E-state index contributed by atoms with van der Waals surface area (Å²) in [5, 5.41) is 11.9. The number of piperazine rings is 1. The van der Waals surface area contributed by atoms with Crippen LogP contribution in [0, 0.1) is 17.3 Å². The number of rotatable bonds is 24. The third kappa shape index (κ3) is 16.0. The van der Waals surface area contributed by atoms with E-state index in [4.69, 9.17) is 0 Å². The lowest BCUT2D eigenvalue weighted by Gasteiger charge is -2.32. The lowest BCUT2D eigenvalue weighted by atomic mass is 9.91. The summed E-state index contributed by atoms with van der Waals surface area (Å²) in [5.41, 5.74) is 1.48. The molecule has 1 saturated carbocycles. The lowest BCUT2D eigenvalue weighted by molar-refractivity contribution is -0.135. The van der Waals surface area contributed by atoms with Crippen molar-refractivity contribution in [3.8, 4) is 0 Å². The quantitative estimate of drug-likeness (QED) is 0.109. The van der Waals surface area contributed by atoms with Crippen molar-refractivity contribution in [3.63, 3.8) is 0 Å². The van der Waals surface area contributed by atoms with Crippen molar-refractivity contribution in [2.45, 2.75) is 129 Å². The second kappa shape index (κ2) is 22.7. The molecule has 0 bridgehead atoms. The fraction of sp³-hybridized carbons (Fsp3) is 0.630. The number of hydrogen-bond acceptors (Lipinski definition) is 7. The van der Waals surface area contributed by atoms with Crippen LogP contribution >= 0.6 is 0 Å². The zero-order valence-corrected chi connectivity index (χ0v) is 35.5. The smallest absolute Gasteiger partial charge is 0.243 e. The van der Waals surface area contributed by atoms with Crippen molar-refractivity contribution >= 4 is 29.4 Å². The molecule has 0 spiro atoms. The van der Waals surface area contributed by atoms with Gasteiger partial charge in [0.1, 0.15) is 18.1 Å². The van der Waals surface area contributed by atoms with E-state index < -0.39 is 47.3 Å². The van der Waals surface area contributed by atoms with Crippen LogP contribution in [0.25, 0.3) is 0 Å². The molecule has 1 aliphatic carbocycles. The molecule has 11 nitrogen and oxygen atoms in total. The molecule has 2 fully saturated rings. The first kappa shape index (κ1) is 45.6. The first-order valence-corrected chi connectivity index (χ1v) is 21.5. The van der Waals surface area contributed by atoms with Crippen molar-refractivity contribution in [1.29, 1.82) is 0 Å². The second-order valence-corrected chi connectivity index (χ2v) is 17.7. The number of carbonyl (C=O) groups is 5.